The van der Waals surface area contributed by atoms with Crippen LogP contribution in [0.15, 0.2) is 91.0 Å². The molecule has 5 aromatic rings. The van der Waals surface area contributed by atoms with Crippen LogP contribution in [0.5, 0.6) is 11.5 Å². The van der Waals surface area contributed by atoms with E-state index in [1.807, 2.05) is 30.3 Å². The molecule has 0 spiro atoms. The molecular weight excluding hydrogens is 467 g/mol. The maximum absolute atomic E-state index is 14.1. The van der Waals surface area contributed by atoms with Crippen LogP contribution in [0.4, 0.5) is 13.2 Å². The number of aryl methyl sites for hydroxylation is 1. The van der Waals surface area contributed by atoms with Crippen molar-refractivity contribution in [2.45, 2.75) is 13.1 Å². The van der Waals surface area contributed by atoms with E-state index >= 15 is 0 Å². The maximum atomic E-state index is 14.1. The average molecular weight is 487 g/mol. The highest BCUT2D eigenvalue weighted by Crippen LogP contribution is 2.43. The van der Waals surface area contributed by atoms with E-state index in [-0.39, 0.29) is 17.3 Å². The molecule has 5 nitrogen and oxygen atoms in total. The van der Waals surface area contributed by atoms with Crippen molar-refractivity contribution in [3.8, 4) is 51.0 Å². The molecule has 0 aliphatic heterocycles. The van der Waals surface area contributed by atoms with E-state index in [1.54, 1.807) is 31.2 Å². The molecule has 0 radical (unpaired) electrons. The number of pyridine rings is 1. The minimum Gasteiger partial charge on any atom is -0.508 e. The number of phenols is 2. The van der Waals surface area contributed by atoms with Gasteiger partial charge in [0.05, 0.1) is 5.69 Å². The molecule has 0 atom stereocenters. The lowest BCUT2D eigenvalue weighted by Crippen LogP contribution is -2.14. The van der Waals surface area contributed by atoms with Gasteiger partial charge >= 0.3 is 6.18 Å². The molecule has 5 rings (SSSR count). The number of hydrogen-bond donors (Lipinski definition) is 2. The Hall–Kier alpha value is -4.59. The predicted molar refractivity (Wildman–Crippen MR) is 131 cm³/mol. The zero-order valence-corrected chi connectivity index (χ0v) is 19.0. The zero-order chi connectivity index (χ0) is 25.4. The SMILES string of the molecule is Cc1ccc(C(F)(F)F)c(-n2nc(-c3ccc(O)cc3)c(-c3ccccc3)c2-c2ccc(O)cc2)n1. The van der Waals surface area contributed by atoms with E-state index in [9.17, 15) is 23.4 Å². The fourth-order valence-corrected chi connectivity index (χ4v) is 4.08. The number of aromatic hydroxyl groups is 2. The van der Waals surface area contributed by atoms with Crippen molar-refractivity contribution in [2.75, 3.05) is 0 Å². The van der Waals surface area contributed by atoms with Crippen LogP contribution in [0.2, 0.25) is 0 Å². The van der Waals surface area contributed by atoms with Crippen LogP contribution in [-0.2, 0) is 6.18 Å². The molecule has 0 saturated carbocycles. The molecule has 0 fully saturated rings. The lowest BCUT2D eigenvalue weighted by molar-refractivity contribution is -0.137. The Balaban J connectivity index is 1.93. The summed E-state index contributed by atoms with van der Waals surface area (Å²) in [6, 6.07) is 24.0. The standard InChI is InChI=1S/C28H20F3N3O2/c1-17-7-16-23(28(29,30)31)27(32-17)34-26(20-10-14-22(36)15-11-20)24(18-5-3-2-4-6-18)25(33-34)19-8-12-21(35)13-9-19/h2-16,35-36H,1H3. The fraction of sp³-hybridized carbons (Fsp3) is 0.0714. The van der Waals surface area contributed by atoms with Crippen LogP contribution in [0, 0.1) is 6.92 Å². The van der Waals surface area contributed by atoms with Gasteiger partial charge < -0.3 is 10.2 Å². The van der Waals surface area contributed by atoms with Crippen molar-refractivity contribution in [1.82, 2.24) is 14.8 Å². The van der Waals surface area contributed by atoms with Crippen molar-refractivity contribution in [2.24, 2.45) is 0 Å². The number of nitrogens with zero attached hydrogens (tertiary/aromatic N) is 3. The van der Waals surface area contributed by atoms with Gasteiger partial charge in [0.15, 0.2) is 5.82 Å². The van der Waals surface area contributed by atoms with E-state index in [4.69, 9.17) is 0 Å². The molecule has 0 bridgehead atoms. The van der Waals surface area contributed by atoms with Crippen LogP contribution in [0.3, 0.4) is 0 Å². The Kier molecular flexibility index (Phi) is 5.72. The van der Waals surface area contributed by atoms with Gasteiger partial charge in [0, 0.05) is 22.4 Å². The van der Waals surface area contributed by atoms with E-state index in [1.165, 1.54) is 35.0 Å². The molecule has 0 unspecified atom stereocenters. The van der Waals surface area contributed by atoms with Gasteiger partial charge in [0.1, 0.15) is 22.8 Å². The number of benzene rings is 3. The normalized spacial score (nSPS) is 11.6. The van der Waals surface area contributed by atoms with Gasteiger partial charge in [-0.2, -0.15) is 18.3 Å². The zero-order valence-electron chi connectivity index (χ0n) is 19.0. The van der Waals surface area contributed by atoms with E-state index < -0.39 is 11.7 Å². The molecule has 2 N–H and O–H groups in total. The van der Waals surface area contributed by atoms with Crippen LogP contribution in [-0.4, -0.2) is 25.0 Å². The first-order valence-electron chi connectivity index (χ1n) is 11.0. The van der Waals surface area contributed by atoms with Gasteiger partial charge in [0.25, 0.3) is 0 Å². The molecule has 2 aromatic heterocycles. The molecule has 0 amide bonds. The highest BCUT2D eigenvalue weighted by Gasteiger charge is 2.36. The maximum Gasteiger partial charge on any atom is 0.420 e. The first kappa shape index (κ1) is 23.2. The molecular formula is C28H20F3N3O2. The average Bonchev–Trinajstić information content (AvgIpc) is 3.25. The molecule has 0 aliphatic rings. The molecule has 2 heterocycles. The number of alkyl halides is 3. The Bertz CT molecular complexity index is 1530. The topological polar surface area (TPSA) is 71.2 Å². The van der Waals surface area contributed by atoms with E-state index in [2.05, 4.69) is 10.1 Å². The highest BCUT2D eigenvalue weighted by atomic mass is 19.4. The van der Waals surface area contributed by atoms with E-state index in [0.29, 0.717) is 33.8 Å². The number of halogens is 3. The van der Waals surface area contributed by atoms with Crippen LogP contribution in [0.1, 0.15) is 11.3 Å². The third-order valence-electron chi connectivity index (χ3n) is 5.75. The monoisotopic (exact) mass is 487 g/mol. The summed E-state index contributed by atoms with van der Waals surface area (Å²) >= 11 is 0. The molecule has 3 aromatic carbocycles. The van der Waals surface area contributed by atoms with Crippen molar-refractivity contribution < 1.29 is 23.4 Å². The van der Waals surface area contributed by atoms with Gasteiger partial charge in [-0.1, -0.05) is 30.3 Å². The summed E-state index contributed by atoms with van der Waals surface area (Å²) in [5.41, 5.74) is 2.74. The first-order valence-corrected chi connectivity index (χ1v) is 11.0. The van der Waals surface area contributed by atoms with Crippen molar-refractivity contribution in [3.05, 3.63) is 102 Å². The van der Waals surface area contributed by atoms with Gasteiger partial charge in [-0.25, -0.2) is 9.67 Å². The number of rotatable bonds is 4. The number of phenolic OH excluding ortho intramolecular Hbond substituents is 2. The van der Waals surface area contributed by atoms with Gasteiger partial charge in [0.2, 0.25) is 0 Å². The molecule has 8 heteroatoms. The van der Waals surface area contributed by atoms with Gasteiger partial charge in [-0.3, -0.25) is 0 Å². The highest BCUT2D eigenvalue weighted by molar-refractivity contribution is 5.92. The lowest BCUT2D eigenvalue weighted by atomic mass is 9.95. The molecule has 36 heavy (non-hydrogen) atoms. The Labute approximate surface area is 204 Å². The van der Waals surface area contributed by atoms with Gasteiger partial charge in [-0.05, 0) is 73.2 Å². The quantitative estimate of drug-likeness (QED) is 0.286. The summed E-state index contributed by atoms with van der Waals surface area (Å²) in [6.07, 6.45) is -4.67. The Morgan fingerprint density at radius 1 is 0.694 bits per heavy atom. The second-order valence-electron chi connectivity index (χ2n) is 8.27. The second kappa shape index (κ2) is 8.88. The lowest BCUT2D eigenvalue weighted by Gasteiger charge is -2.15. The Morgan fingerprint density at radius 2 is 1.28 bits per heavy atom. The van der Waals surface area contributed by atoms with Crippen LogP contribution in [0.25, 0.3) is 39.5 Å². The predicted octanol–water partition coefficient (Wildman–Crippen LogP) is 7.01. The van der Waals surface area contributed by atoms with Crippen molar-refractivity contribution in [1.29, 1.82) is 0 Å². The Morgan fingerprint density at radius 3 is 1.86 bits per heavy atom. The summed E-state index contributed by atoms with van der Waals surface area (Å²) < 4.78 is 43.5. The summed E-state index contributed by atoms with van der Waals surface area (Å²) in [6.45, 7) is 1.62. The van der Waals surface area contributed by atoms with Crippen LogP contribution >= 0.6 is 0 Å². The largest absolute Gasteiger partial charge is 0.508 e. The van der Waals surface area contributed by atoms with Crippen LogP contribution < -0.4 is 0 Å². The number of hydrogen-bond acceptors (Lipinski definition) is 4. The van der Waals surface area contributed by atoms with Crippen molar-refractivity contribution >= 4 is 0 Å². The smallest absolute Gasteiger partial charge is 0.420 e. The molecule has 0 saturated heterocycles. The summed E-state index contributed by atoms with van der Waals surface area (Å²) in [5.74, 6) is -0.278. The summed E-state index contributed by atoms with van der Waals surface area (Å²) in [7, 11) is 0. The third kappa shape index (κ3) is 4.29. The summed E-state index contributed by atoms with van der Waals surface area (Å²) in [4.78, 5) is 4.26. The fourth-order valence-electron chi connectivity index (χ4n) is 4.08. The first-order chi connectivity index (χ1) is 17.2. The minimum absolute atomic E-state index is 0.0227. The van der Waals surface area contributed by atoms with Crippen molar-refractivity contribution in [3.63, 3.8) is 0 Å². The summed E-state index contributed by atoms with van der Waals surface area (Å²) in [5, 5.41) is 24.4. The number of aromatic nitrogens is 3. The minimum atomic E-state index is -4.67. The molecule has 180 valence electrons. The molecule has 0 aliphatic carbocycles. The van der Waals surface area contributed by atoms with Gasteiger partial charge in [-0.15, -0.1) is 0 Å². The van der Waals surface area contributed by atoms with E-state index in [0.717, 1.165) is 11.6 Å². The third-order valence-corrected chi connectivity index (χ3v) is 5.75. The second-order valence-corrected chi connectivity index (χ2v) is 8.27.